The first-order chi connectivity index (χ1) is 15.1. The van der Waals surface area contributed by atoms with E-state index < -0.39 is 23.8 Å². The topological polar surface area (TPSA) is 71.5 Å². The lowest BCUT2D eigenvalue weighted by atomic mass is 10.0. The van der Waals surface area contributed by atoms with Crippen molar-refractivity contribution in [3.8, 4) is 5.75 Å². The van der Waals surface area contributed by atoms with E-state index in [1.165, 1.54) is 12.1 Å². The van der Waals surface area contributed by atoms with Crippen LogP contribution >= 0.6 is 0 Å². The molecule has 32 heavy (non-hydrogen) atoms. The number of nitrogens with one attached hydrogen (secondary N) is 1. The fraction of sp³-hybridized carbons (Fsp3) is 0.250. The van der Waals surface area contributed by atoms with Crippen molar-refractivity contribution in [3.05, 3.63) is 94.3 Å². The predicted octanol–water partition coefficient (Wildman–Crippen LogP) is 4.76. The highest BCUT2D eigenvalue weighted by atomic mass is 19.4. The number of aliphatic hydroxyl groups is 1. The van der Waals surface area contributed by atoms with E-state index in [4.69, 9.17) is 4.74 Å². The van der Waals surface area contributed by atoms with Gasteiger partial charge in [0.2, 0.25) is 0 Å². The van der Waals surface area contributed by atoms with Crippen LogP contribution in [0.3, 0.4) is 0 Å². The number of rotatable bonds is 7. The summed E-state index contributed by atoms with van der Waals surface area (Å²) < 4.78 is 44.5. The van der Waals surface area contributed by atoms with Gasteiger partial charge in [0.1, 0.15) is 12.4 Å². The van der Waals surface area contributed by atoms with Gasteiger partial charge in [-0.25, -0.2) is 0 Å². The van der Waals surface area contributed by atoms with E-state index in [1.807, 2.05) is 26.0 Å². The van der Waals surface area contributed by atoms with Crippen LogP contribution in [0.2, 0.25) is 0 Å². The van der Waals surface area contributed by atoms with Crippen molar-refractivity contribution in [2.75, 3.05) is 6.54 Å². The van der Waals surface area contributed by atoms with Crippen molar-refractivity contribution < 1.29 is 27.8 Å². The Balaban J connectivity index is 1.64. The lowest BCUT2D eigenvalue weighted by Crippen LogP contribution is -2.28. The number of pyridine rings is 1. The summed E-state index contributed by atoms with van der Waals surface area (Å²) in [5.41, 5.74) is 2.02. The van der Waals surface area contributed by atoms with Crippen molar-refractivity contribution in [3.63, 3.8) is 0 Å². The van der Waals surface area contributed by atoms with Crippen molar-refractivity contribution in [1.82, 2.24) is 10.3 Å². The van der Waals surface area contributed by atoms with Crippen LogP contribution < -0.4 is 10.1 Å². The Morgan fingerprint density at radius 2 is 1.84 bits per heavy atom. The molecule has 0 spiro atoms. The summed E-state index contributed by atoms with van der Waals surface area (Å²) in [7, 11) is 0. The average molecular weight is 444 g/mol. The molecule has 5 nitrogen and oxygen atoms in total. The summed E-state index contributed by atoms with van der Waals surface area (Å²) in [4.78, 5) is 16.6. The molecule has 3 rings (SSSR count). The maximum Gasteiger partial charge on any atom is 0.416 e. The second-order valence-corrected chi connectivity index (χ2v) is 7.44. The molecule has 1 aromatic heterocycles. The van der Waals surface area contributed by atoms with E-state index in [2.05, 4.69) is 10.3 Å². The van der Waals surface area contributed by atoms with Crippen LogP contribution in [-0.4, -0.2) is 22.5 Å². The van der Waals surface area contributed by atoms with Crippen LogP contribution in [0.25, 0.3) is 0 Å². The minimum Gasteiger partial charge on any atom is -0.488 e. The number of aryl methyl sites for hydroxylation is 2. The van der Waals surface area contributed by atoms with Crippen LogP contribution in [0.4, 0.5) is 13.2 Å². The Kier molecular flexibility index (Phi) is 7.15. The molecule has 2 N–H and O–H groups in total. The summed E-state index contributed by atoms with van der Waals surface area (Å²) >= 11 is 0. The van der Waals surface area contributed by atoms with Crippen LogP contribution in [0.15, 0.2) is 60.9 Å². The van der Waals surface area contributed by atoms with Crippen molar-refractivity contribution >= 4 is 5.91 Å². The summed E-state index contributed by atoms with van der Waals surface area (Å²) in [6, 6.07) is 11.5. The standard InChI is InChI=1S/C24H23F3N2O3/c1-15-9-19(10-16(2)22(15)32-14-17-5-4-8-28-12-17)23(31)29-13-21(30)18-6-3-7-20(11-18)24(25,26)27/h3-12,21,30H,13-14H2,1-2H3,(H,29,31). The van der Waals surface area contributed by atoms with Crippen LogP contribution in [0, 0.1) is 13.8 Å². The van der Waals surface area contributed by atoms with Crippen LogP contribution in [0.1, 0.15) is 44.3 Å². The van der Waals surface area contributed by atoms with Gasteiger partial charge in [0.25, 0.3) is 5.91 Å². The van der Waals surface area contributed by atoms with Crippen molar-refractivity contribution in [1.29, 1.82) is 0 Å². The van der Waals surface area contributed by atoms with Crippen LogP contribution in [-0.2, 0) is 12.8 Å². The molecule has 168 valence electrons. The molecule has 0 saturated heterocycles. The third-order valence-corrected chi connectivity index (χ3v) is 4.88. The van der Waals surface area contributed by atoms with Gasteiger partial charge in [-0.05, 0) is 60.9 Å². The number of carbonyl (C=O) groups excluding carboxylic acids is 1. The monoisotopic (exact) mass is 444 g/mol. The Labute approximate surface area is 183 Å². The molecule has 0 fully saturated rings. The summed E-state index contributed by atoms with van der Waals surface area (Å²) in [6.45, 7) is 3.75. The van der Waals surface area contributed by atoms with Gasteiger partial charge >= 0.3 is 6.18 Å². The molecule has 1 heterocycles. The first-order valence-electron chi connectivity index (χ1n) is 9.91. The number of hydrogen-bond acceptors (Lipinski definition) is 4. The largest absolute Gasteiger partial charge is 0.488 e. The summed E-state index contributed by atoms with van der Waals surface area (Å²) in [5.74, 6) is 0.218. The first kappa shape index (κ1) is 23.3. The van der Waals surface area contributed by atoms with Gasteiger partial charge < -0.3 is 15.2 Å². The zero-order valence-electron chi connectivity index (χ0n) is 17.6. The number of halogens is 3. The number of alkyl halides is 3. The molecule has 0 aliphatic rings. The van der Waals surface area contributed by atoms with E-state index in [0.717, 1.165) is 28.8 Å². The smallest absolute Gasteiger partial charge is 0.416 e. The van der Waals surface area contributed by atoms with Gasteiger partial charge in [-0.15, -0.1) is 0 Å². The molecule has 1 amide bonds. The highest BCUT2D eigenvalue weighted by molar-refractivity contribution is 5.94. The number of ether oxygens (including phenoxy) is 1. The van der Waals surface area contributed by atoms with E-state index >= 15 is 0 Å². The number of benzene rings is 2. The second-order valence-electron chi connectivity index (χ2n) is 7.44. The van der Waals surface area contributed by atoms with Crippen molar-refractivity contribution in [2.24, 2.45) is 0 Å². The van der Waals surface area contributed by atoms with E-state index in [9.17, 15) is 23.1 Å². The fourth-order valence-corrected chi connectivity index (χ4v) is 3.28. The zero-order valence-corrected chi connectivity index (χ0v) is 17.6. The first-order valence-corrected chi connectivity index (χ1v) is 9.91. The highest BCUT2D eigenvalue weighted by Crippen LogP contribution is 2.31. The Hall–Kier alpha value is -3.39. The van der Waals surface area contributed by atoms with Gasteiger partial charge in [-0.3, -0.25) is 9.78 Å². The van der Waals surface area contributed by atoms with E-state index in [-0.39, 0.29) is 12.1 Å². The maximum absolute atomic E-state index is 12.9. The van der Waals surface area contributed by atoms with Crippen LogP contribution in [0.5, 0.6) is 5.75 Å². The van der Waals surface area contributed by atoms with Gasteiger partial charge in [-0.2, -0.15) is 13.2 Å². The summed E-state index contributed by atoms with van der Waals surface area (Å²) in [5, 5.41) is 12.8. The minimum atomic E-state index is -4.51. The normalized spacial score (nSPS) is 12.3. The number of amides is 1. The number of hydrogen-bond donors (Lipinski definition) is 2. The number of carbonyl (C=O) groups is 1. The average Bonchev–Trinajstić information content (AvgIpc) is 2.76. The Morgan fingerprint density at radius 3 is 2.47 bits per heavy atom. The third kappa shape index (κ3) is 5.85. The molecule has 0 aliphatic heterocycles. The van der Waals surface area contributed by atoms with Gasteiger partial charge in [-0.1, -0.05) is 18.2 Å². The molecule has 8 heteroatoms. The van der Waals surface area contributed by atoms with Crippen molar-refractivity contribution in [2.45, 2.75) is 32.7 Å². The zero-order chi connectivity index (χ0) is 23.3. The second kappa shape index (κ2) is 9.82. The molecular formula is C24H23F3N2O3. The van der Waals surface area contributed by atoms with Gasteiger partial charge in [0.15, 0.2) is 0 Å². The molecule has 3 aromatic rings. The summed E-state index contributed by atoms with van der Waals surface area (Å²) in [6.07, 6.45) is -2.39. The molecule has 0 aliphatic carbocycles. The lowest BCUT2D eigenvalue weighted by Gasteiger charge is -2.16. The number of nitrogens with zero attached hydrogens (tertiary/aromatic N) is 1. The minimum absolute atomic E-state index is 0.0756. The Bertz CT molecular complexity index is 1060. The SMILES string of the molecule is Cc1cc(C(=O)NCC(O)c2cccc(C(F)(F)F)c2)cc(C)c1OCc1cccnc1. The quantitative estimate of drug-likeness (QED) is 0.551. The fourth-order valence-electron chi connectivity index (χ4n) is 3.28. The van der Waals surface area contributed by atoms with Gasteiger partial charge in [0, 0.05) is 30.1 Å². The van der Waals surface area contributed by atoms with E-state index in [1.54, 1.807) is 24.5 Å². The lowest BCUT2D eigenvalue weighted by molar-refractivity contribution is -0.137. The molecular weight excluding hydrogens is 421 g/mol. The maximum atomic E-state index is 12.9. The van der Waals surface area contributed by atoms with Gasteiger partial charge in [0.05, 0.1) is 11.7 Å². The Morgan fingerprint density at radius 1 is 1.12 bits per heavy atom. The highest BCUT2D eigenvalue weighted by Gasteiger charge is 2.30. The number of aliphatic hydroxyl groups excluding tert-OH is 1. The molecule has 2 aromatic carbocycles. The molecule has 0 saturated carbocycles. The molecule has 0 bridgehead atoms. The number of aromatic nitrogens is 1. The molecule has 1 unspecified atom stereocenters. The third-order valence-electron chi connectivity index (χ3n) is 4.88. The van der Waals surface area contributed by atoms with E-state index in [0.29, 0.717) is 17.9 Å². The molecule has 0 radical (unpaired) electrons. The predicted molar refractivity (Wildman–Crippen MR) is 113 cm³/mol. The molecule has 1 atom stereocenters.